The van der Waals surface area contributed by atoms with Crippen molar-refractivity contribution in [2.75, 3.05) is 0 Å². The Morgan fingerprint density at radius 3 is 1.86 bits per heavy atom. The molecule has 0 aromatic carbocycles. The highest BCUT2D eigenvalue weighted by Crippen LogP contribution is 2.10. The van der Waals surface area contributed by atoms with Gasteiger partial charge in [-0.2, -0.15) is 0 Å². The molecule has 82 valence electrons. The topological polar surface area (TPSA) is 18.5 Å². The van der Waals surface area contributed by atoms with E-state index in [0.717, 1.165) is 0 Å². The molecule has 4 heteroatoms. The van der Waals surface area contributed by atoms with Crippen LogP contribution in [0.3, 0.4) is 0 Å². The van der Waals surface area contributed by atoms with Crippen molar-refractivity contribution in [3.63, 3.8) is 0 Å². The predicted octanol–water partition coefficient (Wildman–Crippen LogP) is 3.72. The zero-order valence-corrected chi connectivity index (χ0v) is 12.2. The molecule has 0 radical (unpaired) electrons. The Hall–Kier alpha value is -0.486. The maximum atomic E-state index is 5.65. The fourth-order valence-corrected chi connectivity index (χ4v) is 2.07. The molecule has 2 nitrogen and oxygen atoms in total. The van der Waals surface area contributed by atoms with Crippen molar-refractivity contribution in [2.45, 2.75) is 39.3 Å². The molecule has 0 saturated heterocycles. The Kier molecular flexibility index (Phi) is 4.67. The van der Waals surface area contributed by atoms with Gasteiger partial charge in [0.15, 0.2) is 0 Å². The van der Waals surface area contributed by atoms with E-state index in [1.807, 2.05) is 0 Å². The van der Waals surface area contributed by atoms with Crippen LogP contribution in [-0.4, -0.2) is 16.6 Å². The molecule has 0 N–H and O–H groups in total. The summed E-state index contributed by atoms with van der Waals surface area (Å²) in [6, 6.07) is 0. The normalized spacial score (nSPS) is 13.0. The second-order valence-corrected chi connectivity index (χ2v) is 14.1. The molecule has 0 spiro atoms. The van der Waals surface area contributed by atoms with Gasteiger partial charge in [-0.25, -0.2) is 0 Å². The van der Waals surface area contributed by atoms with Gasteiger partial charge in [0.25, 0.3) is 0 Å². The second-order valence-electron chi connectivity index (χ2n) is 5.21. The van der Waals surface area contributed by atoms with Crippen LogP contribution in [0, 0.1) is 0 Å². The summed E-state index contributed by atoms with van der Waals surface area (Å²) in [6.45, 7) is 16.6. The van der Waals surface area contributed by atoms with Crippen molar-refractivity contribution in [3.8, 4) is 0 Å². The Labute approximate surface area is 89.9 Å². The van der Waals surface area contributed by atoms with Gasteiger partial charge in [0.05, 0.1) is 12.0 Å². The van der Waals surface area contributed by atoms with Crippen LogP contribution in [0.5, 0.6) is 0 Å². The molecule has 14 heavy (non-hydrogen) atoms. The van der Waals surface area contributed by atoms with Gasteiger partial charge in [0.1, 0.15) is 0 Å². The lowest BCUT2D eigenvalue weighted by Crippen LogP contribution is -2.24. The smallest absolute Gasteiger partial charge is 0.242 e. The first-order chi connectivity index (χ1) is 6.10. The van der Waals surface area contributed by atoms with Gasteiger partial charge < -0.3 is 8.85 Å². The average molecular weight is 230 g/mol. The third-order valence-electron chi connectivity index (χ3n) is 1.11. The summed E-state index contributed by atoms with van der Waals surface area (Å²) in [4.78, 5) is 0. The molecule has 0 aromatic rings. The van der Waals surface area contributed by atoms with Crippen LogP contribution < -0.4 is 0 Å². The summed E-state index contributed by atoms with van der Waals surface area (Å²) in [5.74, 6) is 0.697. The molecule has 0 unspecified atom stereocenters. The number of rotatable bonds is 5. The zero-order valence-electron chi connectivity index (χ0n) is 10.2. The molecule has 0 atom stereocenters. The fraction of sp³-hybridized carbons (Fsp3) is 0.600. The van der Waals surface area contributed by atoms with Crippen molar-refractivity contribution < 1.29 is 8.85 Å². The molecule has 0 fully saturated rings. The summed E-state index contributed by atoms with van der Waals surface area (Å²) < 4.78 is 11.2. The standard InChI is InChI=1S/C10H22O2Si2/c1-10(12-14(5,6)7)8-9-11-13(2,3)4/h8-9H,1H2,2-7H3/b9-8+. The molecular formula is C10H22O2Si2. The summed E-state index contributed by atoms with van der Waals surface area (Å²) in [6.07, 6.45) is 3.51. The third-order valence-corrected chi connectivity index (χ3v) is 2.83. The van der Waals surface area contributed by atoms with Crippen LogP contribution in [0.1, 0.15) is 0 Å². The summed E-state index contributed by atoms with van der Waals surface area (Å²) in [5, 5.41) is 0. The fourth-order valence-electron chi connectivity index (χ4n) is 0.741. The Bertz CT molecular complexity index is 221. The lowest BCUT2D eigenvalue weighted by Gasteiger charge is -2.19. The Morgan fingerprint density at radius 2 is 1.50 bits per heavy atom. The van der Waals surface area contributed by atoms with Crippen LogP contribution in [-0.2, 0) is 8.85 Å². The van der Waals surface area contributed by atoms with Crippen LogP contribution in [0.4, 0.5) is 0 Å². The second kappa shape index (κ2) is 4.84. The van der Waals surface area contributed by atoms with Gasteiger partial charge in [0.2, 0.25) is 16.6 Å². The van der Waals surface area contributed by atoms with E-state index in [1.54, 1.807) is 12.3 Å². The van der Waals surface area contributed by atoms with E-state index in [9.17, 15) is 0 Å². The maximum absolute atomic E-state index is 5.65. The van der Waals surface area contributed by atoms with Gasteiger partial charge >= 0.3 is 0 Å². The molecular weight excluding hydrogens is 208 g/mol. The Balaban J connectivity index is 3.96. The molecule has 0 aromatic heterocycles. The van der Waals surface area contributed by atoms with Gasteiger partial charge in [-0.05, 0) is 39.3 Å². The Morgan fingerprint density at radius 1 is 1.00 bits per heavy atom. The average Bonchev–Trinajstić information content (AvgIpc) is 1.78. The number of hydrogen-bond acceptors (Lipinski definition) is 2. The molecule has 0 rings (SSSR count). The third kappa shape index (κ3) is 9.60. The highest BCUT2D eigenvalue weighted by atomic mass is 28.4. The summed E-state index contributed by atoms with van der Waals surface area (Å²) >= 11 is 0. The highest BCUT2D eigenvalue weighted by molar-refractivity contribution is 6.70. The van der Waals surface area contributed by atoms with Gasteiger partial charge in [-0.15, -0.1) is 0 Å². The van der Waals surface area contributed by atoms with E-state index >= 15 is 0 Å². The van der Waals surface area contributed by atoms with E-state index in [1.165, 1.54) is 0 Å². The molecule has 0 saturated carbocycles. The van der Waals surface area contributed by atoms with Crippen LogP contribution in [0.2, 0.25) is 39.3 Å². The van der Waals surface area contributed by atoms with E-state index in [-0.39, 0.29) is 0 Å². The van der Waals surface area contributed by atoms with Crippen molar-refractivity contribution in [1.82, 2.24) is 0 Å². The minimum Gasteiger partial charge on any atom is -0.550 e. The lowest BCUT2D eigenvalue weighted by molar-refractivity contribution is 0.432. The minimum atomic E-state index is -1.51. The first-order valence-corrected chi connectivity index (χ1v) is 11.6. The molecule has 0 aliphatic carbocycles. The number of hydrogen-bond donors (Lipinski definition) is 0. The number of allylic oxidation sites excluding steroid dienone is 1. The predicted molar refractivity (Wildman–Crippen MR) is 67.1 cm³/mol. The molecule has 0 bridgehead atoms. The minimum absolute atomic E-state index is 0.697. The maximum Gasteiger partial charge on any atom is 0.242 e. The molecule has 0 aliphatic heterocycles. The van der Waals surface area contributed by atoms with Gasteiger partial charge in [0, 0.05) is 6.08 Å². The van der Waals surface area contributed by atoms with E-state index in [2.05, 4.69) is 45.9 Å². The molecule has 0 heterocycles. The first-order valence-electron chi connectivity index (χ1n) is 4.82. The van der Waals surface area contributed by atoms with Gasteiger partial charge in [-0.3, -0.25) is 0 Å². The largest absolute Gasteiger partial charge is 0.550 e. The van der Waals surface area contributed by atoms with E-state index in [4.69, 9.17) is 8.85 Å². The van der Waals surface area contributed by atoms with E-state index in [0.29, 0.717) is 5.76 Å². The summed E-state index contributed by atoms with van der Waals surface area (Å²) in [7, 11) is -2.97. The van der Waals surface area contributed by atoms with Gasteiger partial charge in [-0.1, -0.05) is 6.58 Å². The van der Waals surface area contributed by atoms with E-state index < -0.39 is 16.6 Å². The van der Waals surface area contributed by atoms with Crippen LogP contribution >= 0.6 is 0 Å². The van der Waals surface area contributed by atoms with Crippen LogP contribution in [0.15, 0.2) is 24.7 Å². The molecule has 0 amide bonds. The van der Waals surface area contributed by atoms with Crippen molar-refractivity contribution >= 4 is 16.6 Å². The van der Waals surface area contributed by atoms with Crippen molar-refractivity contribution in [2.24, 2.45) is 0 Å². The SMILES string of the molecule is C=C(/C=C/O[Si](C)(C)C)O[Si](C)(C)C. The monoisotopic (exact) mass is 230 g/mol. The lowest BCUT2D eigenvalue weighted by atomic mass is 10.5. The summed E-state index contributed by atoms with van der Waals surface area (Å²) in [5.41, 5.74) is 0. The van der Waals surface area contributed by atoms with Crippen molar-refractivity contribution in [1.29, 1.82) is 0 Å². The van der Waals surface area contributed by atoms with Crippen LogP contribution in [0.25, 0.3) is 0 Å². The highest BCUT2D eigenvalue weighted by Gasteiger charge is 2.16. The zero-order chi connectivity index (χ0) is 11.4. The first kappa shape index (κ1) is 13.5. The molecule has 0 aliphatic rings. The van der Waals surface area contributed by atoms with Crippen molar-refractivity contribution in [3.05, 3.63) is 24.7 Å². The quantitative estimate of drug-likeness (QED) is 0.407.